The first-order valence-corrected chi connectivity index (χ1v) is 10.1. The second kappa shape index (κ2) is 8.92. The van der Waals surface area contributed by atoms with Crippen LogP contribution in [0.1, 0.15) is 10.4 Å². The summed E-state index contributed by atoms with van der Waals surface area (Å²) in [4.78, 5) is 12.3. The van der Waals surface area contributed by atoms with Crippen LogP contribution in [0.2, 0.25) is 15.1 Å². The van der Waals surface area contributed by atoms with Crippen LogP contribution >= 0.6 is 34.8 Å². The van der Waals surface area contributed by atoms with Crippen LogP contribution in [0.5, 0.6) is 0 Å². The quantitative estimate of drug-likeness (QED) is 0.643. The van der Waals surface area contributed by atoms with Crippen molar-refractivity contribution in [2.24, 2.45) is 0 Å². The van der Waals surface area contributed by atoms with Crippen LogP contribution in [0.25, 0.3) is 0 Å². The summed E-state index contributed by atoms with van der Waals surface area (Å²) in [7, 11) is -2.03. The van der Waals surface area contributed by atoms with Crippen LogP contribution in [0.3, 0.4) is 0 Å². The van der Waals surface area contributed by atoms with E-state index >= 15 is 0 Å². The molecule has 2 N–H and O–H groups in total. The lowest BCUT2D eigenvalue weighted by atomic mass is 10.2. The fourth-order valence-corrected chi connectivity index (χ4v) is 4.06. The number of hydrogen-bond donors (Lipinski definition) is 2. The zero-order valence-electron chi connectivity index (χ0n) is 13.6. The van der Waals surface area contributed by atoms with Gasteiger partial charge in [-0.25, -0.2) is 8.42 Å². The van der Waals surface area contributed by atoms with Gasteiger partial charge < -0.3 is 4.74 Å². The van der Waals surface area contributed by atoms with Gasteiger partial charge in [-0.2, -0.15) is 0 Å². The first kappa shape index (κ1) is 20.8. The number of ether oxygens (including phenoxy) is 1. The molecule has 0 fully saturated rings. The summed E-state index contributed by atoms with van der Waals surface area (Å²) in [6, 6.07) is 8.49. The highest BCUT2D eigenvalue weighted by Crippen LogP contribution is 2.33. The smallest absolute Gasteiger partial charge is 0.269 e. The molecule has 0 saturated carbocycles. The Bertz CT molecular complexity index is 879. The fourth-order valence-electron chi connectivity index (χ4n) is 1.98. The van der Waals surface area contributed by atoms with Crippen molar-refractivity contribution in [3.63, 3.8) is 0 Å². The van der Waals surface area contributed by atoms with Gasteiger partial charge in [-0.3, -0.25) is 15.6 Å². The Hall–Kier alpha value is -1.51. The molecule has 0 heterocycles. The summed E-state index contributed by atoms with van der Waals surface area (Å²) in [6.07, 6.45) is 0. The van der Waals surface area contributed by atoms with Crippen LogP contribution in [-0.4, -0.2) is 33.8 Å². The molecular formula is C16H15Cl3N2O4S. The number of nitrogens with one attached hydrogen (secondary N) is 2. The normalized spacial score (nSPS) is 11.2. The van der Waals surface area contributed by atoms with Crippen LogP contribution in [0.4, 0.5) is 5.69 Å². The molecule has 2 aromatic rings. The van der Waals surface area contributed by atoms with E-state index in [4.69, 9.17) is 39.5 Å². The highest BCUT2D eigenvalue weighted by atomic mass is 35.5. The van der Waals surface area contributed by atoms with Crippen molar-refractivity contribution in [1.82, 2.24) is 5.43 Å². The van der Waals surface area contributed by atoms with E-state index in [-0.39, 0.29) is 32.9 Å². The molecule has 0 unspecified atom stereocenters. The Morgan fingerprint density at radius 1 is 1.08 bits per heavy atom. The third kappa shape index (κ3) is 5.25. The van der Waals surface area contributed by atoms with Crippen LogP contribution in [0.15, 0.2) is 41.3 Å². The minimum absolute atomic E-state index is 0.0943. The summed E-state index contributed by atoms with van der Waals surface area (Å²) >= 11 is 17.9. The van der Waals surface area contributed by atoms with Crippen molar-refractivity contribution >= 4 is 56.2 Å². The third-order valence-corrected chi connectivity index (χ3v) is 5.85. The minimum atomic E-state index is -3.46. The van der Waals surface area contributed by atoms with Gasteiger partial charge in [-0.05, 0) is 36.4 Å². The maximum Gasteiger partial charge on any atom is 0.269 e. The lowest BCUT2D eigenvalue weighted by Gasteiger charge is -2.12. The Labute approximate surface area is 166 Å². The number of anilines is 1. The number of rotatable bonds is 7. The third-order valence-electron chi connectivity index (χ3n) is 3.34. The number of carbonyl (C=O) groups excluding carboxylic acids is 1. The van der Waals surface area contributed by atoms with Crippen molar-refractivity contribution in [3.05, 3.63) is 57.0 Å². The molecular weight excluding hydrogens is 423 g/mol. The van der Waals surface area contributed by atoms with Gasteiger partial charge in [0.25, 0.3) is 5.91 Å². The van der Waals surface area contributed by atoms with Gasteiger partial charge in [0.15, 0.2) is 9.84 Å². The number of halogens is 3. The lowest BCUT2D eigenvalue weighted by molar-refractivity contribution is 0.0962. The molecule has 0 aromatic heterocycles. The predicted octanol–water partition coefficient (Wildman–Crippen LogP) is 3.82. The van der Waals surface area contributed by atoms with Gasteiger partial charge in [-0.15, -0.1) is 0 Å². The van der Waals surface area contributed by atoms with E-state index in [2.05, 4.69) is 10.9 Å². The van der Waals surface area contributed by atoms with E-state index in [1.165, 1.54) is 43.5 Å². The largest absolute Gasteiger partial charge is 0.384 e. The molecule has 2 rings (SSSR count). The van der Waals surface area contributed by atoms with Crippen LogP contribution in [0, 0.1) is 0 Å². The Kier molecular flexibility index (Phi) is 7.14. The number of benzene rings is 2. The second-order valence-electron chi connectivity index (χ2n) is 5.16. The van der Waals surface area contributed by atoms with Gasteiger partial charge in [0.05, 0.1) is 33.0 Å². The zero-order chi connectivity index (χ0) is 19.3. The van der Waals surface area contributed by atoms with Gasteiger partial charge in [0.2, 0.25) is 0 Å². The highest BCUT2D eigenvalue weighted by molar-refractivity contribution is 7.91. The summed E-state index contributed by atoms with van der Waals surface area (Å²) in [5.74, 6) is -0.627. The first-order chi connectivity index (χ1) is 12.2. The molecule has 1 amide bonds. The zero-order valence-corrected chi connectivity index (χ0v) is 16.6. The molecule has 0 spiro atoms. The standard InChI is InChI=1S/C16H15Cl3N2O4S/c1-25-6-7-26(23,24)12-4-2-10(3-5-12)16(22)21-20-15-13(18)8-11(17)9-14(15)19/h2-5,8-9,20H,6-7H2,1H3,(H,21,22). The summed E-state index contributed by atoms with van der Waals surface area (Å²) in [5.41, 5.74) is 5.61. The molecule has 2 aromatic carbocycles. The summed E-state index contributed by atoms with van der Waals surface area (Å²) in [5, 5.41) is 0.840. The topological polar surface area (TPSA) is 84.5 Å². The van der Waals surface area contributed by atoms with Crippen molar-refractivity contribution in [2.75, 3.05) is 24.9 Å². The Morgan fingerprint density at radius 2 is 1.65 bits per heavy atom. The fraction of sp³-hybridized carbons (Fsp3) is 0.188. The van der Waals surface area contributed by atoms with Gasteiger partial charge in [0.1, 0.15) is 0 Å². The highest BCUT2D eigenvalue weighted by Gasteiger charge is 2.15. The number of sulfone groups is 1. The second-order valence-corrected chi connectivity index (χ2v) is 8.52. The maximum absolute atomic E-state index is 12.2. The Morgan fingerprint density at radius 3 is 2.19 bits per heavy atom. The maximum atomic E-state index is 12.2. The van der Waals surface area contributed by atoms with Crippen molar-refractivity contribution < 1.29 is 17.9 Å². The molecule has 6 nitrogen and oxygen atoms in total. The molecule has 26 heavy (non-hydrogen) atoms. The van der Waals surface area contributed by atoms with Crippen molar-refractivity contribution in [3.8, 4) is 0 Å². The van der Waals surface area contributed by atoms with Crippen LogP contribution < -0.4 is 10.9 Å². The number of amides is 1. The van der Waals surface area contributed by atoms with E-state index in [0.29, 0.717) is 10.7 Å². The summed E-state index contributed by atoms with van der Waals surface area (Å²) in [6.45, 7) is 0.0943. The van der Waals surface area contributed by atoms with Gasteiger partial charge in [0, 0.05) is 17.7 Å². The van der Waals surface area contributed by atoms with E-state index in [9.17, 15) is 13.2 Å². The van der Waals surface area contributed by atoms with E-state index in [1.54, 1.807) is 0 Å². The molecule has 0 saturated heterocycles. The average Bonchev–Trinajstić information content (AvgIpc) is 2.59. The van der Waals surface area contributed by atoms with E-state index in [1.807, 2.05) is 0 Å². The monoisotopic (exact) mass is 436 g/mol. The molecule has 0 atom stereocenters. The molecule has 10 heteroatoms. The molecule has 0 aliphatic carbocycles. The minimum Gasteiger partial charge on any atom is -0.384 e. The SMILES string of the molecule is COCCS(=O)(=O)c1ccc(C(=O)NNc2c(Cl)cc(Cl)cc2Cl)cc1. The van der Waals surface area contributed by atoms with Crippen LogP contribution in [-0.2, 0) is 14.6 Å². The van der Waals surface area contributed by atoms with E-state index in [0.717, 1.165) is 0 Å². The number of carbonyl (C=O) groups is 1. The van der Waals surface area contributed by atoms with Crippen molar-refractivity contribution in [2.45, 2.75) is 4.90 Å². The molecule has 0 aliphatic rings. The van der Waals surface area contributed by atoms with Gasteiger partial charge in [-0.1, -0.05) is 34.8 Å². The number of hydrazine groups is 1. The van der Waals surface area contributed by atoms with E-state index < -0.39 is 15.7 Å². The molecule has 0 bridgehead atoms. The average molecular weight is 438 g/mol. The molecule has 0 radical (unpaired) electrons. The van der Waals surface area contributed by atoms with Gasteiger partial charge >= 0.3 is 0 Å². The lowest BCUT2D eigenvalue weighted by Crippen LogP contribution is -2.29. The summed E-state index contributed by atoms with van der Waals surface area (Å²) < 4.78 is 28.9. The number of hydrogen-bond acceptors (Lipinski definition) is 5. The Balaban J connectivity index is 2.07. The van der Waals surface area contributed by atoms with Crippen molar-refractivity contribution in [1.29, 1.82) is 0 Å². The predicted molar refractivity (Wildman–Crippen MR) is 103 cm³/mol. The molecule has 0 aliphatic heterocycles. The first-order valence-electron chi connectivity index (χ1n) is 7.27. The molecule has 140 valence electrons. The number of methoxy groups -OCH3 is 1.